The lowest BCUT2D eigenvalue weighted by Gasteiger charge is -2.21. The molecule has 2 heterocycles. The van der Waals surface area contributed by atoms with E-state index < -0.39 is 0 Å². The molecule has 0 aliphatic carbocycles. The molecule has 1 atom stereocenters. The molecule has 106 valence electrons. The van der Waals surface area contributed by atoms with Crippen molar-refractivity contribution in [1.82, 2.24) is 9.97 Å². The van der Waals surface area contributed by atoms with Crippen LogP contribution in [0, 0.1) is 5.92 Å². The van der Waals surface area contributed by atoms with Gasteiger partial charge >= 0.3 is 0 Å². The summed E-state index contributed by atoms with van der Waals surface area (Å²) in [6, 6.07) is 1.70. The third kappa shape index (κ3) is 3.49. The Kier molecular flexibility index (Phi) is 4.82. The first-order valence-electron chi connectivity index (χ1n) is 6.98. The minimum Gasteiger partial charge on any atom is -0.481 e. The van der Waals surface area contributed by atoms with E-state index in [0.29, 0.717) is 17.7 Å². The molecule has 0 aromatic carbocycles. The molecule has 0 amide bonds. The monoisotopic (exact) mass is 265 g/mol. The third-order valence-corrected chi connectivity index (χ3v) is 3.79. The summed E-state index contributed by atoms with van der Waals surface area (Å²) in [5, 5.41) is 0. The SMILES string of the molecule is CC[C@H]1CCCN(c2nc(OC)cc(OC)n2)CC1. The smallest absolute Gasteiger partial charge is 0.231 e. The molecule has 2 rings (SSSR count). The van der Waals surface area contributed by atoms with E-state index in [0.717, 1.165) is 19.0 Å². The zero-order valence-electron chi connectivity index (χ0n) is 12.1. The Hall–Kier alpha value is -1.52. The van der Waals surface area contributed by atoms with E-state index in [9.17, 15) is 0 Å². The fourth-order valence-corrected chi connectivity index (χ4v) is 2.52. The Balaban J connectivity index is 2.16. The molecule has 5 nitrogen and oxygen atoms in total. The summed E-state index contributed by atoms with van der Waals surface area (Å²) in [5.74, 6) is 2.65. The zero-order chi connectivity index (χ0) is 13.7. The van der Waals surface area contributed by atoms with Gasteiger partial charge in [0, 0.05) is 13.1 Å². The molecule has 0 spiro atoms. The van der Waals surface area contributed by atoms with E-state index in [-0.39, 0.29) is 0 Å². The molecule has 19 heavy (non-hydrogen) atoms. The van der Waals surface area contributed by atoms with Crippen molar-refractivity contribution in [2.24, 2.45) is 5.92 Å². The van der Waals surface area contributed by atoms with Gasteiger partial charge in [0.1, 0.15) is 0 Å². The van der Waals surface area contributed by atoms with Crippen molar-refractivity contribution in [1.29, 1.82) is 0 Å². The largest absolute Gasteiger partial charge is 0.481 e. The van der Waals surface area contributed by atoms with Crippen LogP contribution in [0.1, 0.15) is 32.6 Å². The molecule has 1 fully saturated rings. The van der Waals surface area contributed by atoms with Crippen molar-refractivity contribution in [3.8, 4) is 11.8 Å². The Bertz CT molecular complexity index is 389. The molecule has 0 unspecified atom stereocenters. The Morgan fingerprint density at radius 3 is 2.42 bits per heavy atom. The summed E-state index contributed by atoms with van der Waals surface area (Å²) in [4.78, 5) is 11.1. The first-order valence-corrected chi connectivity index (χ1v) is 6.98. The van der Waals surface area contributed by atoms with Crippen LogP contribution in [0.5, 0.6) is 11.8 Å². The highest BCUT2D eigenvalue weighted by Crippen LogP contribution is 2.25. The Morgan fingerprint density at radius 2 is 1.84 bits per heavy atom. The van der Waals surface area contributed by atoms with Gasteiger partial charge in [0.25, 0.3) is 0 Å². The first kappa shape index (κ1) is 13.9. The summed E-state index contributed by atoms with van der Waals surface area (Å²) in [7, 11) is 3.22. The number of hydrogen-bond donors (Lipinski definition) is 0. The third-order valence-electron chi connectivity index (χ3n) is 3.79. The standard InChI is InChI=1S/C14H23N3O2/c1-4-11-6-5-8-17(9-7-11)14-15-12(18-2)10-13(16-14)19-3/h10-11H,4-9H2,1-3H3/t11-/m0/s1. The lowest BCUT2D eigenvalue weighted by molar-refractivity contribution is 0.371. The van der Waals surface area contributed by atoms with Gasteiger partial charge in [-0.15, -0.1) is 0 Å². The topological polar surface area (TPSA) is 47.5 Å². The second-order valence-electron chi connectivity index (χ2n) is 4.94. The summed E-state index contributed by atoms with van der Waals surface area (Å²) < 4.78 is 10.4. The maximum Gasteiger partial charge on any atom is 0.231 e. The van der Waals surface area contributed by atoms with Crippen LogP contribution in [0.25, 0.3) is 0 Å². The normalized spacial score (nSPS) is 19.9. The molecule has 0 radical (unpaired) electrons. The average Bonchev–Trinajstić information content (AvgIpc) is 2.72. The van der Waals surface area contributed by atoms with Crippen LogP contribution >= 0.6 is 0 Å². The lowest BCUT2D eigenvalue weighted by Crippen LogP contribution is -2.26. The fraction of sp³-hybridized carbons (Fsp3) is 0.714. The molecule has 1 aromatic heterocycles. The van der Waals surface area contributed by atoms with Gasteiger partial charge in [-0.25, -0.2) is 0 Å². The van der Waals surface area contributed by atoms with Gasteiger partial charge in [-0.1, -0.05) is 13.3 Å². The van der Waals surface area contributed by atoms with Gasteiger partial charge in [-0.3, -0.25) is 0 Å². The Morgan fingerprint density at radius 1 is 1.16 bits per heavy atom. The summed E-state index contributed by atoms with van der Waals surface area (Å²) in [6.45, 7) is 4.28. The van der Waals surface area contributed by atoms with Crippen molar-refractivity contribution in [3.63, 3.8) is 0 Å². The van der Waals surface area contributed by atoms with Crippen LogP contribution in [-0.4, -0.2) is 37.3 Å². The van der Waals surface area contributed by atoms with Gasteiger partial charge in [0.05, 0.1) is 20.3 Å². The number of methoxy groups -OCH3 is 2. The van der Waals surface area contributed by atoms with Crippen LogP contribution in [-0.2, 0) is 0 Å². The number of hydrogen-bond acceptors (Lipinski definition) is 5. The minimum absolute atomic E-state index is 0.554. The van der Waals surface area contributed by atoms with Crippen LogP contribution in [0.2, 0.25) is 0 Å². The number of nitrogens with zero attached hydrogens (tertiary/aromatic N) is 3. The molecule has 0 N–H and O–H groups in total. The van der Waals surface area contributed by atoms with Crippen LogP contribution in [0.3, 0.4) is 0 Å². The molecule has 1 saturated heterocycles. The summed E-state index contributed by atoms with van der Waals surface area (Å²) in [6.07, 6.45) is 4.96. The predicted octanol–water partition coefficient (Wildman–Crippen LogP) is 2.51. The van der Waals surface area contributed by atoms with E-state index in [2.05, 4.69) is 21.8 Å². The van der Waals surface area contributed by atoms with E-state index in [1.807, 2.05) is 0 Å². The summed E-state index contributed by atoms with van der Waals surface area (Å²) >= 11 is 0. The van der Waals surface area contributed by atoms with Crippen molar-refractivity contribution in [3.05, 3.63) is 6.07 Å². The maximum atomic E-state index is 5.20. The molecule has 0 saturated carbocycles. The molecule has 0 bridgehead atoms. The molecular weight excluding hydrogens is 242 g/mol. The predicted molar refractivity (Wildman–Crippen MR) is 75.0 cm³/mol. The molecule has 1 aromatic rings. The number of rotatable bonds is 4. The van der Waals surface area contributed by atoms with E-state index in [1.54, 1.807) is 20.3 Å². The average molecular weight is 265 g/mol. The van der Waals surface area contributed by atoms with E-state index in [4.69, 9.17) is 9.47 Å². The number of ether oxygens (including phenoxy) is 2. The Labute approximate surface area is 115 Å². The number of aromatic nitrogens is 2. The summed E-state index contributed by atoms with van der Waals surface area (Å²) in [5.41, 5.74) is 0. The molecular formula is C14H23N3O2. The highest BCUT2D eigenvalue weighted by Gasteiger charge is 2.19. The van der Waals surface area contributed by atoms with Crippen molar-refractivity contribution >= 4 is 5.95 Å². The quantitative estimate of drug-likeness (QED) is 0.837. The molecule has 1 aliphatic rings. The van der Waals surface area contributed by atoms with Crippen molar-refractivity contribution in [2.45, 2.75) is 32.6 Å². The van der Waals surface area contributed by atoms with Crippen molar-refractivity contribution < 1.29 is 9.47 Å². The van der Waals surface area contributed by atoms with Gasteiger partial charge < -0.3 is 14.4 Å². The lowest BCUT2D eigenvalue weighted by atomic mass is 9.98. The second-order valence-corrected chi connectivity index (χ2v) is 4.94. The van der Waals surface area contributed by atoms with E-state index >= 15 is 0 Å². The van der Waals surface area contributed by atoms with Crippen LogP contribution in [0.4, 0.5) is 5.95 Å². The molecule has 5 heteroatoms. The van der Waals surface area contributed by atoms with Gasteiger partial charge in [-0.2, -0.15) is 9.97 Å². The van der Waals surface area contributed by atoms with Gasteiger partial charge in [0.15, 0.2) is 0 Å². The second kappa shape index (κ2) is 6.59. The van der Waals surface area contributed by atoms with Gasteiger partial charge in [-0.05, 0) is 25.2 Å². The first-order chi connectivity index (χ1) is 9.26. The maximum absolute atomic E-state index is 5.20. The fourth-order valence-electron chi connectivity index (χ4n) is 2.52. The van der Waals surface area contributed by atoms with Gasteiger partial charge in [0.2, 0.25) is 17.7 Å². The van der Waals surface area contributed by atoms with Crippen LogP contribution in [0.15, 0.2) is 6.07 Å². The highest BCUT2D eigenvalue weighted by atomic mass is 16.5. The number of anilines is 1. The zero-order valence-corrected chi connectivity index (χ0v) is 12.1. The van der Waals surface area contributed by atoms with Crippen molar-refractivity contribution in [2.75, 3.05) is 32.2 Å². The highest BCUT2D eigenvalue weighted by molar-refractivity contribution is 5.36. The minimum atomic E-state index is 0.554. The van der Waals surface area contributed by atoms with E-state index in [1.165, 1.54) is 25.7 Å². The molecule has 1 aliphatic heterocycles. The van der Waals surface area contributed by atoms with Crippen LogP contribution < -0.4 is 14.4 Å².